The van der Waals surface area contributed by atoms with Crippen molar-refractivity contribution >= 4 is 27.5 Å². The van der Waals surface area contributed by atoms with Crippen molar-refractivity contribution in [1.29, 1.82) is 0 Å². The van der Waals surface area contributed by atoms with Crippen molar-refractivity contribution in [3.05, 3.63) is 102 Å². The first-order valence-electron chi connectivity index (χ1n) is 16.8. The number of carbonyl (C=O) groups is 2. The van der Waals surface area contributed by atoms with Crippen LogP contribution in [0.2, 0.25) is 0 Å². The molecule has 0 aliphatic rings. The summed E-state index contributed by atoms with van der Waals surface area (Å²) in [5, 5.41) is 2.68. The van der Waals surface area contributed by atoms with Crippen molar-refractivity contribution in [2.45, 2.75) is 108 Å². The minimum atomic E-state index is -4.18. The molecule has 0 fully saturated rings. The maximum Gasteiger partial charge on any atom is 0.266 e. The number of anilines is 1. The minimum Gasteiger partial charge on any atom is -0.489 e. The van der Waals surface area contributed by atoms with Crippen molar-refractivity contribution in [3.8, 4) is 5.75 Å². The quantitative estimate of drug-likeness (QED) is 0.0837. The molecule has 3 aromatic carbocycles. The van der Waals surface area contributed by atoms with Crippen LogP contribution in [-0.2, 0) is 21.4 Å². The van der Waals surface area contributed by atoms with E-state index in [-0.39, 0.29) is 17.0 Å². The van der Waals surface area contributed by atoms with Gasteiger partial charge >= 0.3 is 0 Å². The van der Waals surface area contributed by atoms with Crippen molar-refractivity contribution in [3.63, 3.8) is 0 Å². The Kier molecular flexibility index (Phi) is 16.7. The fraction of sp³-hybridized carbons (Fsp3) is 0.421. The van der Waals surface area contributed by atoms with E-state index in [4.69, 9.17) is 4.74 Å². The predicted octanol–water partition coefficient (Wildman–Crippen LogP) is 9.36. The first-order valence-corrected chi connectivity index (χ1v) is 18.2. The Morgan fingerprint density at radius 3 is 2.07 bits per heavy atom. The highest BCUT2D eigenvalue weighted by Crippen LogP contribution is 2.23. The average molecular weight is 647 g/mol. The van der Waals surface area contributed by atoms with Crippen LogP contribution in [0.3, 0.4) is 0 Å². The lowest BCUT2D eigenvalue weighted by molar-refractivity contribution is -0.119. The van der Waals surface area contributed by atoms with Crippen LogP contribution in [0, 0.1) is 0 Å². The molecule has 0 aliphatic carbocycles. The molecule has 0 unspecified atom stereocenters. The number of rotatable bonds is 22. The highest BCUT2D eigenvalue weighted by atomic mass is 32.2. The van der Waals surface area contributed by atoms with Gasteiger partial charge in [-0.1, -0.05) is 119 Å². The topological polar surface area (TPSA) is 102 Å². The number of amides is 2. The van der Waals surface area contributed by atoms with Crippen LogP contribution in [0.15, 0.2) is 95.9 Å². The van der Waals surface area contributed by atoms with Crippen molar-refractivity contribution in [2.24, 2.45) is 0 Å². The molecule has 3 aromatic rings. The zero-order chi connectivity index (χ0) is 32.9. The lowest BCUT2D eigenvalue weighted by Gasteiger charge is -2.13. The summed E-state index contributed by atoms with van der Waals surface area (Å²) in [5.41, 5.74) is 1.39. The molecule has 46 heavy (non-hydrogen) atoms. The number of ether oxygens (including phenoxy) is 1. The van der Waals surface area contributed by atoms with Gasteiger partial charge in [-0.25, -0.2) is 13.1 Å². The Bertz CT molecular complexity index is 1470. The summed E-state index contributed by atoms with van der Waals surface area (Å²) in [5.74, 6) is -0.533. The maximum atomic E-state index is 13.1. The van der Waals surface area contributed by atoms with Gasteiger partial charge in [-0.2, -0.15) is 0 Å². The van der Waals surface area contributed by atoms with Crippen LogP contribution in [0.5, 0.6) is 5.75 Å². The average Bonchev–Trinajstić information content (AvgIpc) is 3.06. The van der Waals surface area contributed by atoms with Gasteiger partial charge < -0.3 is 10.1 Å². The highest BCUT2D eigenvalue weighted by Gasteiger charge is 2.22. The Morgan fingerprint density at radius 1 is 0.717 bits per heavy atom. The molecule has 0 spiro atoms. The molecule has 248 valence electrons. The molecule has 0 heterocycles. The molecule has 0 saturated carbocycles. The highest BCUT2D eigenvalue weighted by molar-refractivity contribution is 7.90. The van der Waals surface area contributed by atoms with E-state index in [2.05, 4.69) is 29.1 Å². The second-order valence-electron chi connectivity index (χ2n) is 11.6. The third kappa shape index (κ3) is 14.0. The molecule has 3 rings (SSSR count). The van der Waals surface area contributed by atoms with Crippen LogP contribution in [0.1, 0.15) is 113 Å². The lowest BCUT2D eigenvalue weighted by atomic mass is 10.1. The third-order valence-corrected chi connectivity index (χ3v) is 9.11. The van der Waals surface area contributed by atoms with Crippen LogP contribution >= 0.6 is 0 Å². The molecule has 7 nitrogen and oxygen atoms in total. The molecule has 0 radical (unpaired) electrons. The summed E-state index contributed by atoms with van der Waals surface area (Å²) in [6.45, 7) is 2.59. The Labute approximate surface area is 275 Å². The van der Waals surface area contributed by atoms with Crippen LogP contribution in [-0.4, -0.2) is 20.2 Å². The van der Waals surface area contributed by atoms with Gasteiger partial charge in [0.15, 0.2) is 0 Å². The number of hydrogen-bond acceptors (Lipinski definition) is 5. The van der Waals surface area contributed by atoms with Crippen molar-refractivity contribution < 1.29 is 22.7 Å². The largest absolute Gasteiger partial charge is 0.489 e. The zero-order valence-corrected chi connectivity index (χ0v) is 28.0. The molecule has 0 aromatic heterocycles. The zero-order valence-electron chi connectivity index (χ0n) is 27.2. The standard InChI is InChI=1S/C38H50N2O5S/c1-2-3-4-5-6-7-8-9-10-11-12-13-14-15-19-29-37(41)40-46(43,44)36-28-21-20-27-35(36)39-38(42)33-25-22-26-34(30-33)45-31-32-23-17-16-18-24-32/h9-10,16-18,20-28,30H,2-8,11-15,19,29,31H2,1H3,(H,39,42)(H,40,41). The smallest absolute Gasteiger partial charge is 0.266 e. The molecule has 0 bridgehead atoms. The van der Waals surface area contributed by atoms with Crippen molar-refractivity contribution in [2.75, 3.05) is 5.32 Å². The van der Waals surface area contributed by atoms with Gasteiger partial charge in [0.1, 0.15) is 17.3 Å². The van der Waals surface area contributed by atoms with E-state index in [0.29, 0.717) is 24.3 Å². The molecule has 0 saturated heterocycles. The van der Waals surface area contributed by atoms with Gasteiger partial charge in [-0.05, 0) is 68.0 Å². The van der Waals surface area contributed by atoms with Crippen LogP contribution < -0.4 is 14.8 Å². The summed E-state index contributed by atoms with van der Waals surface area (Å²) in [6, 6.07) is 22.4. The molecular formula is C38H50N2O5S. The van der Waals surface area contributed by atoms with Gasteiger partial charge in [-0.15, -0.1) is 0 Å². The SMILES string of the molecule is CCCCCCCCC=CCCCCCCCC(=O)NS(=O)(=O)c1ccccc1NC(=O)c1cccc(OCc2ccccc2)c1. The Hall–Kier alpha value is -3.91. The number of nitrogens with one attached hydrogen (secondary N) is 2. The van der Waals surface area contributed by atoms with Crippen LogP contribution in [0.25, 0.3) is 0 Å². The molecule has 0 aliphatic heterocycles. The fourth-order valence-electron chi connectivity index (χ4n) is 5.08. The summed E-state index contributed by atoms with van der Waals surface area (Å²) in [6.07, 6.45) is 19.6. The number of allylic oxidation sites excluding steroid dienone is 2. The first kappa shape index (κ1) is 36.6. The fourth-order valence-corrected chi connectivity index (χ4v) is 6.26. The van der Waals surface area contributed by atoms with E-state index in [0.717, 1.165) is 37.7 Å². The van der Waals surface area contributed by atoms with Crippen molar-refractivity contribution in [1.82, 2.24) is 4.72 Å². The lowest BCUT2D eigenvalue weighted by Crippen LogP contribution is -2.31. The molecule has 8 heteroatoms. The van der Waals surface area contributed by atoms with Gasteiger partial charge in [0.25, 0.3) is 15.9 Å². The van der Waals surface area contributed by atoms with Gasteiger partial charge in [-0.3, -0.25) is 9.59 Å². The summed E-state index contributed by atoms with van der Waals surface area (Å²) < 4.78 is 34.2. The molecule has 0 atom stereocenters. The number of unbranched alkanes of at least 4 members (excludes halogenated alkanes) is 11. The number of sulfonamides is 1. The van der Waals surface area contributed by atoms with E-state index in [9.17, 15) is 18.0 Å². The van der Waals surface area contributed by atoms with E-state index < -0.39 is 21.8 Å². The third-order valence-electron chi connectivity index (χ3n) is 7.68. The number of carbonyl (C=O) groups excluding carboxylic acids is 2. The number of hydrogen-bond donors (Lipinski definition) is 2. The minimum absolute atomic E-state index is 0.0874. The maximum absolute atomic E-state index is 13.1. The van der Waals surface area contributed by atoms with Gasteiger partial charge in [0.2, 0.25) is 5.91 Å². The molecular weight excluding hydrogens is 596 g/mol. The summed E-state index contributed by atoms with van der Waals surface area (Å²) in [7, 11) is -4.18. The first-order chi connectivity index (χ1) is 22.4. The van der Waals surface area contributed by atoms with E-state index in [1.54, 1.807) is 36.4 Å². The van der Waals surface area contributed by atoms with Gasteiger partial charge in [0.05, 0.1) is 5.69 Å². The van der Waals surface area contributed by atoms with Crippen LogP contribution in [0.4, 0.5) is 5.69 Å². The predicted molar refractivity (Wildman–Crippen MR) is 186 cm³/mol. The Balaban J connectivity index is 1.38. The second-order valence-corrected chi connectivity index (χ2v) is 13.3. The van der Waals surface area contributed by atoms with Gasteiger partial charge in [0, 0.05) is 12.0 Å². The second kappa shape index (κ2) is 21.0. The van der Waals surface area contributed by atoms with E-state index >= 15 is 0 Å². The van der Waals surface area contributed by atoms with E-state index in [1.165, 1.54) is 57.1 Å². The monoisotopic (exact) mass is 646 g/mol. The normalized spacial score (nSPS) is 11.4. The van der Waals surface area contributed by atoms with E-state index in [1.807, 2.05) is 30.3 Å². The number of benzene rings is 3. The Morgan fingerprint density at radius 2 is 1.35 bits per heavy atom. The molecule has 2 N–H and O–H groups in total. The summed E-state index contributed by atoms with van der Waals surface area (Å²) in [4.78, 5) is 25.4. The number of para-hydroxylation sites is 1. The summed E-state index contributed by atoms with van der Waals surface area (Å²) >= 11 is 0. The molecule has 2 amide bonds.